The highest BCUT2D eigenvalue weighted by Gasteiger charge is 2.35. The van der Waals surface area contributed by atoms with E-state index in [2.05, 4.69) is 6.92 Å². The van der Waals surface area contributed by atoms with Gasteiger partial charge in [0.05, 0.1) is 6.61 Å². The third kappa shape index (κ3) is 3.25. The first kappa shape index (κ1) is 16.8. The van der Waals surface area contributed by atoms with Crippen LogP contribution in [0.15, 0.2) is 18.2 Å². The molecule has 0 N–H and O–H groups in total. The molecule has 2 amide bonds. The summed E-state index contributed by atoms with van der Waals surface area (Å²) in [5.74, 6) is 0.907. The largest absolute Gasteiger partial charge is 0.493 e. The van der Waals surface area contributed by atoms with E-state index in [9.17, 15) is 9.59 Å². The summed E-state index contributed by atoms with van der Waals surface area (Å²) in [7, 11) is 1.82. The minimum absolute atomic E-state index is 0.0362. The second-order valence-corrected chi connectivity index (χ2v) is 6.69. The monoisotopic (exact) mass is 330 g/mol. The van der Waals surface area contributed by atoms with Gasteiger partial charge >= 0.3 is 0 Å². The van der Waals surface area contributed by atoms with Gasteiger partial charge in [0.25, 0.3) is 5.91 Å². The number of rotatable bonds is 4. The van der Waals surface area contributed by atoms with E-state index in [4.69, 9.17) is 4.74 Å². The molecule has 0 aromatic heterocycles. The predicted octanol–water partition coefficient (Wildman–Crippen LogP) is 2.48. The molecule has 0 aliphatic carbocycles. The zero-order valence-corrected chi connectivity index (χ0v) is 14.6. The van der Waals surface area contributed by atoms with E-state index in [1.165, 1.54) is 0 Å². The Labute approximate surface area is 143 Å². The molecule has 0 bridgehead atoms. The maximum Gasteiger partial charge on any atom is 0.254 e. The van der Waals surface area contributed by atoms with Gasteiger partial charge in [-0.05, 0) is 43.0 Å². The van der Waals surface area contributed by atoms with Crippen LogP contribution in [-0.2, 0) is 11.2 Å². The molecule has 1 aromatic carbocycles. The standard InChI is InChI=1S/C19H26N2O3/c1-3-4-7-16-19(23)20(2)10-11-21(16)18(22)15-8-9-17-14(13-15)6-5-12-24-17/h8-9,13,16H,3-7,10-12H2,1-2H3/t16-/m0/s1. The summed E-state index contributed by atoms with van der Waals surface area (Å²) in [6, 6.07) is 5.33. The predicted molar refractivity (Wildman–Crippen MR) is 92.2 cm³/mol. The summed E-state index contributed by atoms with van der Waals surface area (Å²) < 4.78 is 5.62. The molecular weight excluding hydrogens is 304 g/mol. The van der Waals surface area contributed by atoms with Crippen molar-refractivity contribution in [1.82, 2.24) is 9.80 Å². The van der Waals surface area contributed by atoms with Crippen LogP contribution in [0.2, 0.25) is 0 Å². The molecule has 0 spiro atoms. The van der Waals surface area contributed by atoms with Crippen molar-refractivity contribution in [2.24, 2.45) is 0 Å². The van der Waals surface area contributed by atoms with Crippen LogP contribution in [0.1, 0.15) is 48.5 Å². The zero-order chi connectivity index (χ0) is 17.1. The number of piperazine rings is 1. The van der Waals surface area contributed by atoms with Gasteiger partial charge in [-0.1, -0.05) is 19.8 Å². The molecule has 1 atom stereocenters. The van der Waals surface area contributed by atoms with Gasteiger partial charge in [-0.3, -0.25) is 9.59 Å². The highest BCUT2D eigenvalue weighted by atomic mass is 16.5. The molecule has 24 heavy (non-hydrogen) atoms. The van der Waals surface area contributed by atoms with Crippen molar-refractivity contribution in [3.8, 4) is 5.75 Å². The molecule has 0 unspecified atom stereocenters. The second-order valence-electron chi connectivity index (χ2n) is 6.69. The molecule has 5 heteroatoms. The molecule has 0 saturated carbocycles. The summed E-state index contributed by atoms with van der Waals surface area (Å²) in [4.78, 5) is 29.1. The summed E-state index contributed by atoms with van der Waals surface area (Å²) >= 11 is 0. The van der Waals surface area contributed by atoms with E-state index < -0.39 is 0 Å². The average molecular weight is 330 g/mol. The van der Waals surface area contributed by atoms with Gasteiger partial charge in [0.2, 0.25) is 5.91 Å². The number of carbonyl (C=O) groups is 2. The lowest BCUT2D eigenvalue weighted by Gasteiger charge is -2.39. The second kappa shape index (κ2) is 7.24. The molecule has 2 aliphatic heterocycles. The maximum atomic E-state index is 13.0. The quantitative estimate of drug-likeness (QED) is 0.852. The Morgan fingerprint density at radius 3 is 2.96 bits per heavy atom. The Morgan fingerprint density at radius 2 is 2.17 bits per heavy atom. The van der Waals surface area contributed by atoms with Gasteiger partial charge in [-0.25, -0.2) is 0 Å². The van der Waals surface area contributed by atoms with Crippen molar-refractivity contribution in [3.05, 3.63) is 29.3 Å². The summed E-state index contributed by atoms with van der Waals surface area (Å²) in [5.41, 5.74) is 1.76. The number of nitrogens with zero attached hydrogens (tertiary/aromatic N) is 2. The van der Waals surface area contributed by atoms with Crippen LogP contribution in [0.25, 0.3) is 0 Å². The number of carbonyl (C=O) groups excluding carboxylic acids is 2. The molecular formula is C19H26N2O3. The van der Waals surface area contributed by atoms with Crippen molar-refractivity contribution in [3.63, 3.8) is 0 Å². The lowest BCUT2D eigenvalue weighted by Crippen LogP contribution is -2.57. The Hall–Kier alpha value is -2.04. The van der Waals surface area contributed by atoms with Gasteiger partial charge in [-0.15, -0.1) is 0 Å². The number of unbranched alkanes of at least 4 members (excludes halogenated alkanes) is 1. The highest BCUT2D eigenvalue weighted by Crippen LogP contribution is 2.27. The van der Waals surface area contributed by atoms with Gasteiger partial charge in [0.15, 0.2) is 0 Å². The fourth-order valence-electron chi connectivity index (χ4n) is 3.49. The molecule has 1 saturated heterocycles. The molecule has 5 nitrogen and oxygen atoms in total. The van der Waals surface area contributed by atoms with E-state index in [1.807, 2.05) is 25.2 Å². The lowest BCUT2D eigenvalue weighted by molar-refractivity contribution is -0.138. The van der Waals surface area contributed by atoms with Crippen LogP contribution in [0.3, 0.4) is 0 Å². The van der Waals surface area contributed by atoms with Crippen LogP contribution in [0.5, 0.6) is 5.75 Å². The first-order chi connectivity index (χ1) is 11.6. The lowest BCUT2D eigenvalue weighted by atomic mass is 10.00. The number of ether oxygens (including phenoxy) is 1. The summed E-state index contributed by atoms with van der Waals surface area (Å²) in [6.07, 6.45) is 4.63. The van der Waals surface area contributed by atoms with E-state index in [-0.39, 0.29) is 17.9 Å². The van der Waals surface area contributed by atoms with Crippen LogP contribution in [0, 0.1) is 0 Å². The van der Waals surface area contributed by atoms with Crippen LogP contribution < -0.4 is 4.74 Å². The topological polar surface area (TPSA) is 49.9 Å². The highest BCUT2D eigenvalue weighted by molar-refractivity contribution is 5.98. The van der Waals surface area contributed by atoms with Crippen molar-refractivity contribution in [1.29, 1.82) is 0 Å². The van der Waals surface area contributed by atoms with E-state index in [0.717, 1.165) is 50.0 Å². The molecule has 1 aromatic rings. The first-order valence-corrected chi connectivity index (χ1v) is 8.93. The molecule has 3 rings (SSSR count). The SMILES string of the molecule is CCCC[C@H]1C(=O)N(C)CCN1C(=O)c1ccc2c(c1)CCCO2. The number of fused-ring (bicyclic) bond motifs is 1. The third-order valence-electron chi connectivity index (χ3n) is 4.96. The van der Waals surface area contributed by atoms with E-state index >= 15 is 0 Å². The third-order valence-corrected chi connectivity index (χ3v) is 4.96. The number of amides is 2. The molecule has 1 fully saturated rings. The Kier molecular flexibility index (Phi) is 5.07. The Morgan fingerprint density at radius 1 is 1.33 bits per heavy atom. The number of hydrogen-bond acceptors (Lipinski definition) is 3. The molecule has 0 radical (unpaired) electrons. The smallest absolute Gasteiger partial charge is 0.254 e. The fourth-order valence-corrected chi connectivity index (χ4v) is 3.49. The number of aryl methyl sites for hydroxylation is 1. The minimum Gasteiger partial charge on any atom is -0.493 e. The van der Waals surface area contributed by atoms with E-state index in [0.29, 0.717) is 18.7 Å². The van der Waals surface area contributed by atoms with Crippen molar-refractivity contribution in [2.75, 3.05) is 26.7 Å². The van der Waals surface area contributed by atoms with Crippen molar-refractivity contribution >= 4 is 11.8 Å². The Balaban J connectivity index is 1.82. The van der Waals surface area contributed by atoms with Gasteiger partial charge in [-0.2, -0.15) is 0 Å². The van der Waals surface area contributed by atoms with Crippen LogP contribution in [-0.4, -0.2) is 54.4 Å². The summed E-state index contributed by atoms with van der Waals surface area (Å²) in [6.45, 7) is 4.04. The van der Waals surface area contributed by atoms with Gasteiger partial charge < -0.3 is 14.5 Å². The number of likely N-dealkylation sites (N-methyl/N-ethyl adjacent to an activating group) is 1. The Bertz CT molecular complexity index is 629. The molecule has 2 heterocycles. The fraction of sp³-hybridized carbons (Fsp3) is 0.579. The first-order valence-electron chi connectivity index (χ1n) is 8.93. The van der Waals surface area contributed by atoms with Crippen LogP contribution >= 0.6 is 0 Å². The van der Waals surface area contributed by atoms with Crippen LogP contribution in [0.4, 0.5) is 0 Å². The van der Waals surface area contributed by atoms with Gasteiger partial charge in [0, 0.05) is 25.7 Å². The van der Waals surface area contributed by atoms with Crippen molar-refractivity contribution < 1.29 is 14.3 Å². The minimum atomic E-state index is -0.330. The summed E-state index contributed by atoms with van der Waals surface area (Å²) in [5, 5.41) is 0. The number of hydrogen-bond donors (Lipinski definition) is 0. The van der Waals surface area contributed by atoms with E-state index in [1.54, 1.807) is 9.80 Å². The van der Waals surface area contributed by atoms with Gasteiger partial charge in [0.1, 0.15) is 11.8 Å². The molecule has 130 valence electrons. The van der Waals surface area contributed by atoms with Crippen molar-refractivity contribution in [2.45, 2.75) is 45.1 Å². The maximum absolute atomic E-state index is 13.0. The zero-order valence-electron chi connectivity index (χ0n) is 14.6. The molecule has 2 aliphatic rings. The normalized spacial score (nSPS) is 20.6. The average Bonchev–Trinajstić information content (AvgIpc) is 2.62. The number of benzene rings is 1.